The van der Waals surface area contributed by atoms with Crippen LogP contribution >= 0.6 is 11.3 Å². The summed E-state index contributed by atoms with van der Waals surface area (Å²) in [6.45, 7) is 5.09. The van der Waals surface area contributed by atoms with Crippen LogP contribution in [0.2, 0.25) is 0 Å². The van der Waals surface area contributed by atoms with Gasteiger partial charge < -0.3 is 4.90 Å². The lowest BCUT2D eigenvalue weighted by Gasteiger charge is -2.25. The minimum absolute atomic E-state index is 0.203. The maximum atomic E-state index is 12.8. The standard InChI is InChI=1S/C20H24N4O3S2/c1-16(22-29(26,27)19-4-2-13-28-19)20(25)24-10-3-9-23(11-12-24)15-18-7-5-17(14-21)6-8-18/h2,4-8,13,16,22H,3,9-12,15H2,1H3. The van der Waals surface area contributed by atoms with Gasteiger partial charge in [0.1, 0.15) is 4.21 Å². The number of nitrogens with one attached hydrogen (secondary N) is 1. The van der Waals surface area contributed by atoms with Crippen molar-refractivity contribution in [1.82, 2.24) is 14.5 Å². The normalized spacial score (nSPS) is 16.8. The monoisotopic (exact) mass is 432 g/mol. The number of hydrogen-bond acceptors (Lipinski definition) is 6. The summed E-state index contributed by atoms with van der Waals surface area (Å²) < 4.78 is 27.4. The molecule has 0 bridgehead atoms. The fourth-order valence-corrected chi connectivity index (χ4v) is 5.53. The number of nitrogens with zero attached hydrogens (tertiary/aromatic N) is 3. The van der Waals surface area contributed by atoms with E-state index in [-0.39, 0.29) is 10.1 Å². The summed E-state index contributed by atoms with van der Waals surface area (Å²) in [7, 11) is -3.68. The Labute approximate surface area is 175 Å². The Balaban J connectivity index is 1.55. The number of nitriles is 1. The molecule has 7 nitrogen and oxygen atoms in total. The minimum atomic E-state index is -3.68. The van der Waals surface area contributed by atoms with Crippen molar-refractivity contribution in [2.75, 3.05) is 26.2 Å². The van der Waals surface area contributed by atoms with Crippen LogP contribution in [-0.2, 0) is 21.4 Å². The topological polar surface area (TPSA) is 93.5 Å². The van der Waals surface area contributed by atoms with Crippen LogP contribution in [0, 0.1) is 11.3 Å². The molecule has 1 amide bonds. The zero-order valence-electron chi connectivity index (χ0n) is 16.2. The molecule has 0 spiro atoms. The molecule has 3 rings (SSSR count). The summed E-state index contributed by atoms with van der Waals surface area (Å²) in [6, 6.07) is 12.0. The van der Waals surface area contributed by atoms with E-state index in [4.69, 9.17) is 5.26 Å². The molecule has 9 heteroatoms. The first-order valence-corrected chi connectivity index (χ1v) is 11.8. The van der Waals surface area contributed by atoms with Crippen LogP contribution in [0.5, 0.6) is 0 Å². The van der Waals surface area contributed by atoms with Gasteiger partial charge in [-0.3, -0.25) is 9.69 Å². The van der Waals surface area contributed by atoms with E-state index >= 15 is 0 Å². The van der Waals surface area contributed by atoms with Gasteiger partial charge in [-0.1, -0.05) is 18.2 Å². The molecule has 29 heavy (non-hydrogen) atoms. The second-order valence-electron chi connectivity index (χ2n) is 7.04. The summed E-state index contributed by atoms with van der Waals surface area (Å²) in [5, 5.41) is 10.6. The quantitative estimate of drug-likeness (QED) is 0.754. The fourth-order valence-electron chi connectivity index (χ4n) is 3.32. The summed E-state index contributed by atoms with van der Waals surface area (Å²) >= 11 is 1.13. The van der Waals surface area contributed by atoms with Crippen molar-refractivity contribution in [1.29, 1.82) is 5.26 Å². The molecule has 2 aromatic rings. The van der Waals surface area contributed by atoms with Crippen LogP contribution in [-0.4, -0.2) is 56.3 Å². The number of rotatable bonds is 6. The van der Waals surface area contributed by atoms with Crippen molar-refractivity contribution in [3.8, 4) is 6.07 Å². The van der Waals surface area contributed by atoms with Gasteiger partial charge in [-0.05, 0) is 42.5 Å². The molecule has 2 heterocycles. The van der Waals surface area contributed by atoms with Gasteiger partial charge in [0.2, 0.25) is 5.91 Å². The molecule has 1 atom stereocenters. The van der Waals surface area contributed by atoms with E-state index < -0.39 is 16.1 Å². The highest BCUT2D eigenvalue weighted by Gasteiger charge is 2.27. The van der Waals surface area contributed by atoms with Gasteiger partial charge >= 0.3 is 0 Å². The van der Waals surface area contributed by atoms with Crippen molar-refractivity contribution < 1.29 is 13.2 Å². The summed E-state index contributed by atoms with van der Waals surface area (Å²) in [6.07, 6.45) is 0.826. The molecule has 154 valence electrons. The Morgan fingerprint density at radius 3 is 2.62 bits per heavy atom. The number of thiophene rings is 1. The Bertz CT molecular complexity index is 966. The molecule has 1 aromatic heterocycles. The lowest BCUT2D eigenvalue weighted by Crippen LogP contribution is -2.47. The molecular weight excluding hydrogens is 408 g/mol. The predicted octanol–water partition coefficient (Wildman–Crippen LogP) is 2.02. The number of hydrogen-bond donors (Lipinski definition) is 1. The smallest absolute Gasteiger partial charge is 0.250 e. The van der Waals surface area contributed by atoms with Crippen molar-refractivity contribution in [3.63, 3.8) is 0 Å². The Hall–Kier alpha value is -2.25. The first kappa shape index (κ1) is 21.5. The molecule has 1 aromatic carbocycles. The number of amides is 1. The molecular formula is C20H24N4O3S2. The van der Waals surface area contributed by atoms with E-state index in [0.29, 0.717) is 18.7 Å². The van der Waals surface area contributed by atoms with Crippen LogP contribution in [0.3, 0.4) is 0 Å². The third-order valence-electron chi connectivity index (χ3n) is 4.85. The second-order valence-corrected chi connectivity index (χ2v) is 9.93. The maximum Gasteiger partial charge on any atom is 0.250 e. The van der Waals surface area contributed by atoms with Crippen LogP contribution in [0.4, 0.5) is 0 Å². The minimum Gasteiger partial charge on any atom is -0.340 e. The highest BCUT2D eigenvalue weighted by molar-refractivity contribution is 7.91. The van der Waals surface area contributed by atoms with Crippen LogP contribution in [0.15, 0.2) is 46.0 Å². The van der Waals surface area contributed by atoms with E-state index in [1.165, 1.54) is 6.07 Å². The third-order valence-corrected chi connectivity index (χ3v) is 7.79. The van der Waals surface area contributed by atoms with E-state index in [1.807, 2.05) is 24.3 Å². The van der Waals surface area contributed by atoms with E-state index in [0.717, 1.165) is 43.0 Å². The number of carbonyl (C=O) groups excluding carboxylic acids is 1. The van der Waals surface area contributed by atoms with Crippen molar-refractivity contribution in [2.45, 2.75) is 30.1 Å². The van der Waals surface area contributed by atoms with Gasteiger partial charge in [-0.15, -0.1) is 11.3 Å². The average molecular weight is 433 g/mol. The molecule has 1 aliphatic rings. The molecule has 1 N–H and O–H groups in total. The first-order chi connectivity index (χ1) is 13.9. The zero-order valence-corrected chi connectivity index (χ0v) is 17.9. The number of benzene rings is 1. The van der Waals surface area contributed by atoms with Gasteiger partial charge in [0.05, 0.1) is 17.7 Å². The van der Waals surface area contributed by atoms with Crippen molar-refractivity contribution >= 4 is 27.3 Å². The molecule has 1 unspecified atom stereocenters. The fraction of sp³-hybridized carbons (Fsp3) is 0.400. The average Bonchev–Trinajstić information content (AvgIpc) is 3.17. The van der Waals surface area contributed by atoms with Gasteiger partial charge in [0, 0.05) is 32.7 Å². The van der Waals surface area contributed by atoms with E-state index in [2.05, 4.69) is 15.7 Å². The highest BCUT2D eigenvalue weighted by Crippen LogP contribution is 2.16. The van der Waals surface area contributed by atoms with Crippen LogP contribution in [0.1, 0.15) is 24.5 Å². The molecule has 0 radical (unpaired) electrons. The number of carbonyl (C=O) groups is 1. The van der Waals surface area contributed by atoms with Gasteiger partial charge in [-0.25, -0.2) is 8.42 Å². The van der Waals surface area contributed by atoms with Crippen molar-refractivity contribution in [2.24, 2.45) is 0 Å². The zero-order chi connectivity index (χ0) is 20.9. The molecule has 1 fully saturated rings. The first-order valence-electron chi connectivity index (χ1n) is 9.45. The number of sulfonamides is 1. The Morgan fingerprint density at radius 2 is 1.97 bits per heavy atom. The molecule has 1 aliphatic heterocycles. The van der Waals surface area contributed by atoms with Crippen LogP contribution in [0.25, 0.3) is 0 Å². The van der Waals surface area contributed by atoms with E-state index in [1.54, 1.807) is 23.3 Å². The Kier molecular flexibility index (Phi) is 7.03. The lowest BCUT2D eigenvalue weighted by molar-refractivity contribution is -0.132. The molecule has 1 saturated heterocycles. The van der Waals surface area contributed by atoms with Crippen molar-refractivity contribution in [3.05, 3.63) is 52.9 Å². The maximum absolute atomic E-state index is 12.8. The summed E-state index contributed by atoms with van der Waals surface area (Å²) in [5.74, 6) is -0.203. The largest absolute Gasteiger partial charge is 0.340 e. The lowest BCUT2D eigenvalue weighted by atomic mass is 10.1. The van der Waals surface area contributed by atoms with Gasteiger partial charge in [-0.2, -0.15) is 9.98 Å². The van der Waals surface area contributed by atoms with Gasteiger partial charge in [0.25, 0.3) is 10.0 Å². The highest BCUT2D eigenvalue weighted by atomic mass is 32.2. The third kappa shape index (κ3) is 5.64. The van der Waals surface area contributed by atoms with Gasteiger partial charge in [0.15, 0.2) is 0 Å². The van der Waals surface area contributed by atoms with E-state index in [9.17, 15) is 13.2 Å². The molecule has 0 aliphatic carbocycles. The molecule has 0 saturated carbocycles. The Morgan fingerprint density at radius 1 is 1.21 bits per heavy atom. The SMILES string of the molecule is CC(NS(=O)(=O)c1cccs1)C(=O)N1CCCN(Cc2ccc(C#N)cc2)CC1. The van der Waals surface area contributed by atoms with Crippen LogP contribution < -0.4 is 4.72 Å². The second kappa shape index (κ2) is 9.50. The predicted molar refractivity (Wildman–Crippen MR) is 112 cm³/mol. The summed E-state index contributed by atoms with van der Waals surface area (Å²) in [4.78, 5) is 16.8. The summed E-state index contributed by atoms with van der Waals surface area (Å²) in [5.41, 5.74) is 1.77.